The molecule has 0 radical (unpaired) electrons. The minimum Gasteiger partial charge on any atom is -0.496 e. The number of carbonyl (C=O) groups is 1. The van der Waals surface area contributed by atoms with Gasteiger partial charge >= 0.3 is 5.97 Å². The Morgan fingerprint density at radius 3 is 2.71 bits per heavy atom. The summed E-state index contributed by atoms with van der Waals surface area (Å²) in [5.74, 6) is -0.0823. The van der Waals surface area contributed by atoms with E-state index in [-0.39, 0.29) is 18.3 Å². The van der Waals surface area contributed by atoms with Crippen LogP contribution in [-0.4, -0.2) is 65.8 Å². The minimum absolute atomic E-state index is 0.0307. The van der Waals surface area contributed by atoms with Gasteiger partial charge in [-0.05, 0) is 42.3 Å². The Bertz CT molecular complexity index is 1060. The quantitative estimate of drug-likeness (QED) is 0.599. The number of aromatic carboxylic acids is 1. The number of nitrogens with one attached hydrogen (secondary N) is 1. The number of aryl methyl sites for hydroxylation is 1. The number of aromatic amines is 1. The zero-order valence-electron chi connectivity index (χ0n) is 17.9. The lowest BCUT2D eigenvalue weighted by molar-refractivity contribution is 0.0641. The average Bonchev–Trinajstić information content (AvgIpc) is 3.27. The number of benzene rings is 2. The van der Waals surface area contributed by atoms with Gasteiger partial charge in [0.05, 0.1) is 12.7 Å². The molecule has 1 atom stereocenters. The highest BCUT2D eigenvalue weighted by atomic mass is 19.1. The molecule has 0 amide bonds. The summed E-state index contributed by atoms with van der Waals surface area (Å²) in [5.41, 5.74) is 4.66. The van der Waals surface area contributed by atoms with E-state index < -0.39 is 5.97 Å². The van der Waals surface area contributed by atoms with Crippen LogP contribution in [0.5, 0.6) is 5.75 Å². The molecule has 1 fully saturated rings. The van der Waals surface area contributed by atoms with Crippen molar-refractivity contribution in [1.82, 2.24) is 14.8 Å². The normalized spacial score (nSPS) is 17.8. The smallest absolute Gasteiger partial charge is 0.335 e. The number of alkyl halides is 1. The number of H-pyrrole nitrogens is 1. The summed E-state index contributed by atoms with van der Waals surface area (Å²) in [7, 11) is 1.69. The highest BCUT2D eigenvalue weighted by molar-refractivity contribution is 5.88. The molecular formula is C24H28FN3O3. The van der Waals surface area contributed by atoms with E-state index in [9.17, 15) is 14.3 Å². The van der Waals surface area contributed by atoms with Crippen LogP contribution < -0.4 is 4.74 Å². The number of hydrogen-bond acceptors (Lipinski definition) is 4. The molecule has 0 spiro atoms. The van der Waals surface area contributed by atoms with E-state index in [1.54, 1.807) is 19.2 Å². The Kier molecular flexibility index (Phi) is 6.25. The molecule has 164 valence electrons. The van der Waals surface area contributed by atoms with E-state index in [0.29, 0.717) is 19.6 Å². The van der Waals surface area contributed by atoms with E-state index in [4.69, 9.17) is 4.74 Å². The third-order valence-corrected chi connectivity index (χ3v) is 6.21. The molecule has 6 nitrogen and oxygen atoms in total. The Morgan fingerprint density at radius 1 is 1.26 bits per heavy atom. The highest BCUT2D eigenvalue weighted by Crippen LogP contribution is 2.35. The molecule has 1 aliphatic rings. The minimum atomic E-state index is -0.939. The SMILES string of the molecule is COc1cc(C)c2[nH]ccc2c1CN1CCN(CCF)C[C@H]1c1ccc(C(=O)O)cc1. The molecule has 1 aromatic heterocycles. The second kappa shape index (κ2) is 9.08. The van der Waals surface area contributed by atoms with E-state index in [0.717, 1.165) is 46.4 Å². The molecule has 0 unspecified atom stereocenters. The van der Waals surface area contributed by atoms with Crippen molar-refractivity contribution in [3.05, 3.63) is 64.8 Å². The van der Waals surface area contributed by atoms with Crippen LogP contribution in [0.15, 0.2) is 42.6 Å². The number of ether oxygens (including phenoxy) is 1. The highest BCUT2D eigenvalue weighted by Gasteiger charge is 2.29. The molecule has 3 aromatic rings. The monoisotopic (exact) mass is 425 g/mol. The van der Waals surface area contributed by atoms with Gasteiger partial charge in [0.15, 0.2) is 0 Å². The summed E-state index contributed by atoms with van der Waals surface area (Å²) < 4.78 is 18.8. The maximum Gasteiger partial charge on any atom is 0.335 e. The van der Waals surface area contributed by atoms with E-state index in [2.05, 4.69) is 33.8 Å². The molecular weight excluding hydrogens is 397 g/mol. The molecule has 0 saturated carbocycles. The molecule has 1 aliphatic heterocycles. The number of piperazine rings is 1. The summed E-state index contributed by atoms with van der Waals surface area (Å²) >= 11 is 0. The lowest BCUT2D eigenvalue weighted by Gasteiger charge is -2.42. The van der Waals surface area contributed by atoms with Crippen molar-refractivity contribution in [2.75, 3.05) is 40.0 Å². The number of carboxylic acid groups (broad SMARTS) is 1. The summed E-state index contributed by atoms with van der Waals surface area (Å²) in [5, 5.41) is 10.4. The standard InChI is InChI=1S/C24H28FN3O3/c1-16-13-22(31-2)20(19-7-9-26-23(16)19)14-28-12-11-27(10-8-25)15-21(28)17-3-5-18(6-4-17)24(29)30/h3-7,9,13,21,26H,8,10-12,14-15H2,1-2H3,(H,29,30)/t21-/m0/s1. The maximum atomic E-state index is 13.0. The second-order valence-corrected chi connectivity index (χ2v) is 8.04. The summed E-state index contributed by atoms with van der Waals surface area (Å²) in [6, 6.07) is 11.2. The van der Waals surface area contributed by atoms with Gasteiger partial charge in [-0.25, -0.2) is 9.18 Å². The molecule has 0 bridgehead atoms. The number of hydrogen-bond donors (Lipinski definition) is 2. The van der Waals surface area contributed by atoms with Gasteiger partial charge in [-0.15, -0.1) is 0 Å². The molecule has 31 heavy (non-hydrogen) atoms. The van der Waals surface area contributed by atoms with Crippen molar-refractivity contribution >= 4 is 16.9 Å². The Morgan fingerprint density at radius 2 is 2.03 bits per heavy atom. The fraction of sp³-hybridized carbons (Fsp3) is 0.375. The third kappa shape index (κ3) is 4.29. The van der Waals surface area contributed by atoms with Gasteiger partial charge in [0.1, 0.15) is 12.4 Å². The van der Waals surface area contributed by atoms with Gasteiger partial charge in [0.2, 0.25) is 0 Å². The van der Waals surface area contributed by atoms with Gasteiger partial charge in [-0.2, -0.15) is 0 Å². The summed E-state index contributed by atoms with van der Waals surface area (Å²) in [6.45, 7) is 5.06. The Labute approximate surface area is 181 Å². The van der Waals surface area contributed by atoms with Gasteiger partial charge < -0.3 is 14.8 Å². The number of methoxy groups -OCH3 is 1. The average molecular weight is 426 g/mol. The molecule has 4 rings (SSSR count). The maximum absolute atomic E-state index is 13.0. The van der Waals surface area contributed by atoms with Crippen LogP contribution in [0, 0.1) is 6.92 Å². The van der Waals surface area contributed by atoms with Crippen LogP contribution in [0.3, 0.4) is 0 Å². The Balaban J connectivity index is 1.69. The predicted octanol–water partition coefficient (Wildman–Crippen LogP) is 4.01. The van der Waals surface area contributed by atoms with Gasteiger partial charge in [0.25, 0.3) is 0 Å². The molecule has 7 heteroatoms. The van der Waals surface area contributed by atoms with Crippen molar-refractivity contribution in [3.8, 4) is 5.75 Å². The van der Waals surface area contributed by atoms with Gasteiger partial charge in [-0.1, -0.05) is 12.1 Å². The number of carboxylic acids is 1. The molecule has 2 heterocycles. The van der Waals surface area contributed by atoms with Crippen molar-refractivity contribution in [2.45, 2.75) is 19.5 Å². The summed E-state index contributed by atoms with van der Waals surface area (Å²) in [6.07, 6.45) is 1.95. The first-order chi connectivity index (χ1) is 15.0. The van der Waals surface area contributed by atoms with Crippen molar-refractivity contribution < 1.29 is 19.0 Å². The number of fused-ring (bicyclic) bond motifs is 1. The zero-order valence-corrected chi connectivity index (χ0v) is 17.9. The van der Waals surface area contributed by atoms with E-state index in [1.165, 1.54) is 0 Å². The fourth-order valence-electron chi connectivity index (χ4n) is 4.54. The zero-order chi connectivity index (χ0) is 22.0. The van der Waals surface area contributed by atoms with Crippen molar-refractivity contribution in [2.24, 2.45) is 0 Å². The van der Waals surface area contributed by atoms with E-state index in [1.807, 2.05) is 18.3 Å². The number of rotatable bonds is 7. The fourth-order valence-corrected chi connectivity index (χ4v) is 4.54. The van der Waals surface area contributed by atoms with Crippen molar-refractivity contribution in [3.63, 3.8) is 0 Å². The van der Waals surface area contributed by atoms with Crippen LogP contribution in [0.2, 0.25) is 0 Å². The van der Waals surface area contributed by atoms with Gasteiger partial charge in [-0.3, -0.25) is 9.80 Å². The van der Waals surface area contributed by atoms with Crippen LogP contribution in [0.1, 0.15) is 33.1 Å². The first-order valence-corrected chi connectivity index (χ1v) is 10.5. The third-order valence-electron chi connectivity index (χ3n) is 6.21. The molecule has 2 aromatic carbocycles. The molecule has 2 N–H and O–H groups in total. The lowest BCUT2D eigenvalue weighted by Crippen LogP contribution is -2.48. The number of aromatic nitrogens is 1. The topological polar surface area (TPSA) is 68.8 Å². The first kappa shape index (κ1) is 21.3. The predicted molar refractivity (Wildman–Crippen MR) is 119 cm³/mol. The van der Waals surface area contributed by atoms with Crippen molar-refractivity contribution in [1.29, 1.82) is 0 Å². The summed E-state index contributed by atoms with van der Waals surface area (Å²) in [4.78, 5) is 19.1. The Hall–Kier alpha value is -2.90. The first-order valence-electron chi connectivity index (χ1n) is 10.5. The van der Waals surface area contributed by atoms with Crippen LogP contribution >= 0.6 is 0 Å². The number of nitrogens with zero attached hydrogens (tertiary/aromatic N) is 2. The largest absolute Gasteiger partial charge is 0.496 e. The molecule has 0 aliphatic carbocycles. The molecule has 1 saturated heterocycles. The van der Waals surface area contributed by atoms with Crippen LogP contribution in [-0.2, 0) is 6.54 Å². The lowest BCUT2D eigenvalue weighted by atomic mass is 9.98. The van der Waals surface area contributed by atoms with Crippen LogP contribution in [0.4, 0.5) is 4.39 Å². The van der Waals surface area contributed by atoms with Crippen LogP contribution in [0.25, 0.3) is 10.9 Å². The second-order valence-electron chi connectivity index (χ2n) is 8.04. The van der Waals surface area contributed by atoms with Gasteiger partial charge in [0, 0.05) is 61.4 Å². The van der Waals surface area contributed by atoms with E-state index >= 15 is 0 Å². The number of halogens is 1.